The number of carbonyl (C=O) groups is 1. The Hall–Kier alpha value is -2.83. The third-order valence-corrected chi connectivity index (χ3v) is 3.92. The van der Waals surface area contributed by atoms with Crippen LogP contribution in [-0.4, -0.2) is 48.6 Å². The van der Waals surface area contributed by atoms with Gasteiger partial charge in [0.2, 0.25) is 5.95 Å². The van der Waals surface area contributed by atoms with Gasteiger partial charge in [0.15, 0.2) is 0 Å². The molecule has 0 fully saturated rings. The minimum absolute atomic E-state index is 0.121. The Morgan fingerprint density at radius 2 is 1.96 bits per heavy atom. The minimum atomic E-state index is -0.121. The van der Waals surface area contributed by atoms with Crippen molar-refractivity contribution in [2.24, 2.45) is 0 Å². The van der Waals surface area contributed by atoms with Crippen LogP contribution < -0.4 is 14.8 Å². The summed E-state index contributed by atoms with van der Waals surface area (Å²) in [7, 11) is 4.97. The van der Waals surface area contributed by atoms with E-state index in [1.807, 2.05) is 6.92 Å². The fourth-order valence-electron chi connectivity index (χ4n) is 2.46. The minimum Gasteiger partial charge on any atom is -0.497 e. The van der Waals surface area contributed by atoms with E-state index in [0.717, 1.165) is 12.8 Å². The molecule has 0 aliphatic rings. The number of benzene rings is 1. The summed E-state index contributed by atoms with van der Waals surface area (Å²) in [6.07, 6.45) is 1.99. The summed E-state index contributed by atoms with van der Waals surface area (Å²) >= 11 is 0. The van der Waals surface area contributed by atoms with Crippen molar-refractivity contribution in [3.8, 4) is 11.5 Å². The highest BCUT2D eigenvalue weighted by molar-refractivity contribution is 5.92. The number of carbonyl (C=O) groups excluding carboxylic acids is 1. The zero-order valence-electron chi connectivity index (χ0n) is 16.0. The van der Waals surface area contributed by atoms with Gasteiger partial charge in [-0.15, -0.1) is 0 Å². The highest BCUT2D eigenvalue weighted by Gasteiger charge is 2.16. The van der Waals surface area contributed by atoms with Crippen molar-refractivity contribution in [3.05, 3.63) is 35.7 Å². The average molecular weight is 358 g/mol. The van der Waals surface area contributed by atoms with Gasteiger partial charge in [-0.25, -0.2) is 9.97 Å². The van der Waals surface area contributed by atoms with Gasteiger partial charge in [0, 0.05) is 25.4 Å². The van der Waals surface area contributed by atoms with Crippen molar-refractivity contribution in [3.63, 3.8) is 0 Å². The summed E-state index contributed by atoms with van der Waals surface area (Å²) in [5.74, 6) is 1.52. The Kier molecular flexibility index (Phi) is 6.77. The SMILES string of the molecule is CCCCN(C)C(=O)c1cc(C)nc(Nc2cc(OC)ccc2OC)n1. The molecule has 7 heteroatoms. The van der Waals surface area contributed by atoms with Gasteiger partial charge in [0.05, 0.1) is 19.9 Å². The number of amides is 1. The van der Waals surface area contributed by atoms with Gasteiger partial charge in [0.1, 0.15) is 17.2 Å². The molecule has 0 bridgehead atoms. The lowest BCUT2D eigenvalue weighted by molar-refractivity contribution is 0.0787. The highest BCUT2D eigenvalue weighted by Crippen LogP contribution is 2.30. The third-order valence-electron chi connectivity index (χ3n) is 3.92. The number of anilines is 2. The molecular weight excluding hydrogens is 332 g/mol. The van der Waals surface area contributed by atoms with Crippen LogP contribution in [0.15, 0.2) is 24.3 Å². The molecule has 2 rings (SSSR count). The number of aryl methyl sites for hydroxylation is 1. The Labute approximate surface area is 154 Å². The number of rotatable bonds is 8. The van der Waals surface area contributed by atoms with Gasteiger partial charge in [0.25, 0.3) is 5.91 Å². The molecule has 0 saturated heterocycles. The van der Waals surface area contributed by atoms with Crippen LogP contribution >= 0.6 is 0 Å². The molecule has 0 radical (unpaired) electrons. The molecule has 0 aliphatic carbocycles. The second-order valence-electron chi connectivity index (χ2n) is 5.99. The smallest absolute Gasteiger partial charge is 0.272 e. The van der Waals surface area contributed by atoms with Crippen molar-refractivity contribution in [1.29, 1.82) is 0 Å². The molecule has 1 N–H and O–H groups in total. The normalized spacial score (nSPS) is 10.3. The van der Waals surface area contributed by atoms with E-state index in [1.54, 1.807) is 50.4 Å². The molecule has 1 aromatic carbocycles. The Balaban J connectivity index is 2.29. The number of nitrogens with one attached hydrogen (secondary N) is 1. The van der Waals surface area contributed by atoms with Crippen LogP contribution in [0.3, 0.4) is 0 Å². The van der Waals surface area contributed by atoms with Gasteiger partial charge in [-0.1, -0.05) is 13.3 Å². The lowest BCUT2D eigenvalue weighted by atomic mass is 10.2. The number of hydrogen-bond acceptors (Lipinski definition) is 6. The maximum absolute atomic E-state index is 12.6. The van der Waals surface area contributed by atoms with Gasteiger partial charge in [-0.3, -0.25) is 4.79 Å². The standard InChI is InChI=1S/C19H26N4O3/c1-6-7-10-23(3)18(24)16-11-13(2)20-19(22-16)21-15-12-14(25-4)8-9-17(15)26-5/h8-9,11-12H,6-7,10H2,1-5H3,(H,20,21,22). The summed E-state index contributed by atoms with van der Waals surface area (Å²) in [5.41, 5.74) is 1.73. The summed E-state index contributed by atoms with van der Waals surface area (Å²) in [4.78, 5) is 23.0. The molecule has 0 unspecified atom stereocenters. The van der Waals surface area contributed by atoms with Gasteiger partial charge in [-0.2, -0.15) is 0 Å². The first kappa shape index (κ1) is 19.5. The first-order chi connectivity index (χ1) is 12.5. The Morgan fingerprint density at radius 1 is 1.19 bits per heavy atom. The van der Waals surface area contributed by atoms with Crippen molar-refractivity contribution in [2.45, 2.75) is 26.7 Å². The van der Waals surface area contributed by atoms with E-state index in [1.165, 1.54) is 0 Å². The fraction of sp³-hybridized carbons (Fsp3) is 0.421. The molecule has 140 valence electrons. The topological polar surface area (TPSA) is 76.6 Å². The van der Waals surface area contributed by atoms with Gasteiger partial charge in [-0.05, 0) is 31.5 Å². The lowest BCUT2D eigenvalue weighted by Gasteiger charge is -2.17. The Bertz CT molecular complexity index is 764. The van der Waals surface area contributed by atoms with Crippen molar-refractivity contribution in [1.82, 2.24) is 14.9 Å². The van der Waals surface area contributed by atoms with E-state index >= 15 is 0 Å². The van der Waals surface area contributed by atoms with E-state index in [2.05, 4.69) is 22.2 Å². The lowest BCUT2D eigenvalue weighted by Crippen LogP contribution is -2.28. The second-order valence-corrected chi connectivity index (χ2v) is 5.99. The summed E-state index contributed by atoms with van der Waals surface area (Å²) in [6, 6.07) is 7.08. The van der Waals surface area contributed by atoms with Gasteiger partial charge < -0.3 is 19.7 Å². The number of hydrogen-bond donors (Lipinski definition) is 1. The largest absolute Gasteiger partial charge is 0.497 e. The summed E-state index contributed by atoms with van der Waals surface area (Å²) in [6.45, 7) is 4.63. The summed E-state index contributed by atoms with van der Waals surface area (Å²) < 4.78 is 10.6. The van der Waals surface area contributed by atoms with Crippen LogP contribution in [0.1, 0.15) is 35.9 Å². The van der Waals surface area contributed by atoms with E-state index in [0.29, 0.717) is 41.1 Å². The molecule has 26 heavy (non-hydrogen) atoms. The van der Waals surface area contributed by atoms with Crippen molar-refractivity contribution >= 4 is 17.5 Å². The third kappa shape index (κ3) is 4.84. The zero-order valence-corrected chi connectivity index (χ0v) is 16.0. The predicted octanol–water partition coefficient (Wildman–Crippen LogP) is 3.42. The first-order valence-electron chi connectivity index (χ1n) is 8.58. The van der Waals surface area contributed by atoms with Gasteiger partial charge >= 0.3 is 0 Å². The number of methoxy groups -OCH3 is 2. The Morgan fingerprint density at radius 3 is 2.62 bits per heavy atom. The van der Waals surface area contributed by atoms with E-state index in [4.69, 9.17) is 9.47 Å². The quantitative estimate of drug-likeness (QED) is 0.779. The van der Waals surface area contributed by atoms with Crippen molar-refractivity contribution in [2.75, 3.05) is 33.1 Å². The van der Waals surface area contributed by atoms with E-state index < -0.39 is 0 Å². The summed E-state index contributed by atoms with van der Waals surface area (Å²) in [5, 5.41) is 3.12. The van der Waals surface area contributed by atoms with Crippen LogP contribution in [0.25, 0.3) is 0 Å². The van der Waals surface area contributed by atoms with Crippen LogP contribution in [-0.2, 0) is 0 Å². The molecular formula is C19H26N4O3. The zero-order chi connectivity index (χ0) is 19.1. The molecule has 0 aliphatic heterocycles. The molecule has 1 heterocycles. The number of aromatic nitrogens is 2. The monoisotopic (exact) mass is 358 g/mol. The van der Waals surface area contributed by atoms with E-state index in [9.17, 15) is 4.79 Å². The van der Waals surface area contributed by atoms with E-state index in [-0.39, 0.29) is 5.91 Å². The van der Waals surface area contributed by atoms with Crippen LogP contribution in [0, 0.1) is 6.92 Å². The number of unbranched alkanes of at least 4 members (excludes halogenated alkanes) is 1. The maximum atomic E-state index is 12.6. The maximum Gasteiger partial charge on any atom is 0.272 e. The number of ether oxygens (including phenoxy) is 2. The van der Waals surface area contributed by atoms with Crippen LogP contribution in [0.2, 0.25) is 0 Å². The molecule has 0 atom stereocenters. The molecule has 1 amide bonds. The average Bonchev–Trinajstić information content (AvgIpc) is 2.64. The molecule has 2 aromatic rings. The highest BCUT2D eigenvalue weighted by atomic mass is 16.5. The van der Waals surface area contributed by atoms with Crippen LogP contribution in [0.4, 0.5) is 11.6 Å². The predicted molar refractivity (Wildman–Crippen MR) is 101 cm³/mol. The molecule has 1 aromatic heterocycles. The van der Waals surface area contributed by atoms with Crippen LogP contribution in [0.5, 0.6) is 11.5 Å². The fourth-order valence-corrected chi connectivity index (χ4v) is 2.46. The molecule has 0 saturated carbocycles. The first-order valence-corrected chi connectivity index (χ1v) is 8.58. The second kappa shape index (κ2) is 9.03. The number of nitrogens with zero attached hydrogens (tertiary/aromatic N) is 3. The molecule has 7 nitrogen and oxygen atoms in total. The molecule has 0 spiro atoms. The van der Waals surface area contributed by atoms with Crippen molar-refractivity contribution < 1.29 is 14.3 Å².